The third-order valence-corrected chi connectivity index (χ3v) is 2.87. The van der Waals surface area contributed by atoms with Crippen LogP contribution in [0.1, 0.15) is 17.4 Å². The van der Waals surface area contributed by atoms with Crippen LogP contribution in [0.25, 0.3) is 10.9 Å². The van der Waals surface area contributed by atoms with E-state index in [0.717, 1.165) is 5.52 Å². The molecule has 1 aromatic carbocycles. The van der Waals surface area contributed by atoms with E-state index in [0.29, 0.717) is 15.6 Å². The van der Waals surface area contributed by atoms with E-state index in [1.165, 1.54) is 19.1 Å². The number of nitrogens with one attached hydrogen (secondary N) is 1. The lowest BCUT2D eigenvalue weighted by atomic mass is 10.2. The number of ketones is 1. The highest BCUT2D eigenvalue weighted by Crippen LogP contribution is 2.28. The molecule has 0 aliphatic carbocycles. The van der Waals surface area contributed by atoms with Crippen molar-refractivity contribution in [3.63, 3.8) is 0 Å². The zero-order chi connectivity index (χ0) is 10.3. The van der Waals surface area contributed by atoms with E-state index >= 15 is 0 Å². The monoisotopic (exact) mass is 255 g/mol. The number of H-pyrrole nitrogens is 1. The molecule has 0 bridgehead atoms. The van der Waals surface area contributed by atoms with Gasteiger partial charge >= 0.3 is 0 Å². The maximum absolute atomic E-state index is 12.9. The highest BCUT2D eigenvalue weighted by Gasteiger charge is 2.12. The molecule has 0 saturated heterocycles. The van der Waals surface area contributed by atoms with Gasteiger partial charge in [0.25, 0.3) is 0 Å². The SMILES string of the molecule is CC(=O)c1[nH]c2ccc(F)cc2c1Br. The van der Waals surface area contributed by atoms with E-state index < -0.39 is 0 Å². The second-order valence-electron chi connectivity index (χ2n) is 3.06. The lowest BCUT2D eigenvalue weighted by molar-refractivity contribution is 0.101. The molecule has 2 rings (SSSR count). The third kappa shape index (κ3) is 1.35. The number of halogens is 2. The number of aromatic amines is 1. The summed E-state index contributed by atoms with van der Waals surface area (Å²) in [7, 11) is 0. The van der Waals surface area contributed by atoms with E-state index in [9.17, 15) is 9.18 Å². The number of carbonyl (C=O) groups excluding carboxylic acids is 1. The van der Waals surface area contributed by atoms with Crippen LogP contribution < -0.4 is 0 Å². The summed E-state index contributed by atoms with van der Waals surface area (Å²) in [6.45, 7) is 1.46. The van der Waals surface area contributed by atoms with Crippen molar-refractivity contribution in [2.75, 3.05) is 0 Å². The number of benzene rings is 1. The van der Waals surface area contributed by atoms with Crippen LogP contribution in [0.3, 0.4) is 0 Å². The van der Waals surface area contributed by atoms with Gasteiger partial charge in [-0.15, -0.1) is 0 Å². The summed E-state index contributed by atoms with van der Waals surface area (Å²) in [4.78, 5) is 14.1. The van der Waals surface area contributed by atoms with Gasteiger partial charge in [-0.2, -0.15) is 0 Å². The Morgan fingerprint density at radius 3 is 2.86 bits per heavy atom. The first-order chi connectivity index (χ1) is 6.59. The predicted molar refractivity (Wildman–Crippen MR) is 56.0 cm³/mol. The fourth-order valence-electron chi connectivity index (χ4n) is 1.37. The molecule has 4 heteroatoms. The maximum atomic E-state index is 12.9. The van der Waals surface area contributed by atoms with Gasteiger partial charge in [-0.25, -0.2) is 4.39 Å². The van der Waals surface area contributed by atoms with Crippen molar-refractivity contribution in [3.8, 4) is 0 Å². The molecule has 0 radical (unpaired) electrons. The summed E-state index contributed by atoms with van der Waals surface area (Å²) in [6, 6.07) is 4.36. The van der Waals surface area contributed by atoms with Gasteiger partial charge in [0, 0.05) is 17.8 Å². The fraction of sp³-hybridized carbons (Fsp3) is 0.100. The van der Waals surface area contributed by atoms with Gasteiger partial charge < -0.3 is 4.98 Å². The van der Waals surface area contributed by atoms with E-state index in [-0.39, 0.29) is 11.6 Å². The number of carbonyl (C=O) groups is 1. The molecule has 1 heterocycles. The van der Waals surface area contributed by atoms with Gasteiger partial charge in [0.05, 0.1) is 10.2 Å². The molecule has 1 N–H and O–H groups in total. The van der Waals surface area contributed by atoms with E-state index in [2.05, 4.69) is 20.9 Å². The number of rotatable bonds is 1. The maximum Gasteiger partial charge on any atom is 0.177 e. The van der Waals surface area contributed by atoms with Crippen molar-refractivity contribution in [1.82, 2.24) is 4.98 Å². The lowest BCUT2D eigenvalue weighted by Crippen LogP contribution is -1.91. The number of fused-ring (bicyclic) bond motifs is 1. The van der Waals surface area contributed by atoms with E-state index in [4.69, 9.17) is 0 Å². The van der Waals surface area contributed by atoms with Gasteiger partial charge in [-0.3, -0.25) is 4.79 Å². The van der Waals surface area contributed by atoms with Crippen LogP contribution in [0, 0.1) is 5.82 Å². The second-order valence-corrected chi connectivity index (χ2v) is 3.85. The van der Waals surface area contributed by atoms with Crippen molar-refractivity contribution >= 4 is 32.6 Å². The first kappa shape index (κ1) is 9.40. The average Bonchev–Trinajstić information content (AvgIpc) is 2.44. The number of hydrogen-bond donors (Lipinski definition) is 1. The van der Waals surface area contributed by atoms with E-state index in [1.807, 2.05) is 0 Å². The summed E-state index contributed by atoms with van der Waals surface area (Å²) >= 11 is 3.27. The minimum atomic E-state index is -0.313. The molecule has 14 heavy (non-hydrogen) atoms. The van der Waals surface area contributed by atoms with Crippen LogP contribution >= 0.6 is 15.9 Å². The van der Waals surface area contributed by atoms with Crippen molar-refractivity contribution in [1.29, 1.82) is 0 Å². The molecule has 0 atom stereocenters. The summed E-state index contributed by atoms with van der Waals surface area (Å²) < 4.78 is 13.5. The molecular formula is C10H7BrFNO. The zero-order valence-corrected chi connectivity index (χ0v) is 8.98. The Hall–Kier alpha value is -1.16. The first-order valence-electron chi connectivity index (χ1n) is 4.07. The van der Waals surface area contributed by atoms with Gasteiger partial charge in [0.2, 0.25) is 0 Å². The Labute approximate surface area is 88.2 Å². The first-order valence-corrected chi connectivity index (χ1v) is 4.86. The third-order valence-electron chi connectivity index (χ3n) is 2.05. The molecule has 0 aliphatic rings. The molecule has 0 spiro atoms. The second kappa shape index (κ2) is 3.20. The molecule has 2 nitrogen and oxygen atoms in total. The number of aromatic nitrogens is 1. The molecular weight excluding hydrogens is 249 g/mol. The van der Waals surface area contributed by atoms with Gasteiger partial charge in [-0.05, 0) is 34.1 Å². The minimum Gasteiger partial charge on any atom is -0.351 e. The van der Waals surface area contributed by atoms with Crippen molar-refractivity contribution in [2.45, 2.75) is 6.92 Å². The summed E-state index contributed by atoms with van der Waals surface area (Å²) in [5, 5.41) is 0.690. The lowest BCUT2D eigenvalue weighted by Gasteiger charge is -1.90. The molecule has 0 amide bonds. The van der Waals surface area contributed by atoms with Crippen LogP contribution in [-0.2, 0) is 0 Å². The Morgan fingerprint density at radius 1 is 1.50 bits per heavy atom. The zero-order valence-electron chi connectivity index (χ0n) is 7.40. The summed E-state index contributed by atoms with van der Waals surface area (Å²) in [6.07, 6.45) is 0. The predicted octanol–water partition coefficient (Wildman–Crippen LogP) is 3.27. The minimum absolute atomic E-state index is 0.0755. The molecule has 1 aromatic heterocycles. The van der Waals surface area contributed by atoms with Gasteiger partial charge in [-0.1, -0.05) is 0 Å². The standard InChI is InChI=1S/C10H7BrFNO/c1-5(14)10-9(11)7-4-6(12)2-3-8(7)13-10/h2-4,13H,1H3. The molecule has 0 fully saturated rings. The molecule has 0 saturated carbocycles. The molecule has 72 valence electrons. The summed E-state index contributed by atoms with van der Waals surface area (Å²) in [5.74, 6) is -0.388. The topological polar surface area (TPSA) is 32.9 Å². The van der Waals surface area contributed by atoms with Crippen molar-refractivity contribution in [3.05, 3.63) is 34.2 Å². The van der Waals surface area contributed by atoms with Crippen LogP contribution in [0.4, 0.5) is 4.39 Å². The largest absolute Gasteiger partial charge is 0.351 e. The fourth-order valence-corrected chi connectivity index (χ4v) is 2.08. The normalized spacial score (nSPS) is 10.8. The van der Waals surface area contributed by atoms with Crippen LogP contribution in [0.15, 0.2) is 22.7 Å². The highest BCUT2D eigenvalue weighted by atomic mass is 79.9. The Balaban J connectivity index is 2.80. The Kier molecular flexibility index (Phi) is 2.15. The van der Waals surface area contributed by atoms with Crippen LogP contribution in [-0.4, -0.2) is 10.8 Å². The number of hydrogen-bond acceptors (Lipinski definition) is 1. The molecule has 0 aliphatic heterocycles. The highest BCUT2D eigenvalue weighted by molar-refractivity contribution is 9.10. The molecule has 2 aromatic rings. The van der Waals surface area contributed by atoms with Crippen LogP contribution in [0.5, 0.6) is 0 Å². The summed E-state index contributed by atoms with van der Waals surface area (Å²) in [5.41, 5.74) is 1.23. The van der Waals surface area contributed by atoms with Gasteiger partial charge in [0.15, 0.2) is 5.78 Å². The quantitative estimate of drug-likeness (QED) is 0.780. The Morgan fingerprint density at radius 2 is 2.21 bits per heavy atom. The van der Waals surface area contributed by atoms with E-state index in [1.54, 1.807) is 6.07 Å². The Bertz CT molecular complexity index is 518. The van der Waals surface area contributed by atoms with Crippen molar-refractivity contribution < 1.29 is 9.18 Å². The number of Topliss-reactive ketones (excluding diaryl/α,β-unsaturated/α-hetero) is 1. The molecule has 0 unspecified atom stereocenters. The average molecular weight is 256 g/mol. The van der Waals surface area contributed by atoms with Gasteiger partial charge in [0.1, 0.15) is 5.82 Å². The van der Waals surface area contributed by atoms with Crippen molar-refractivity contribution in [2.24, 2.45) is 0 Å². The smallest absolute Gasteiger partial charge is 0.177 e. The van der Waals surface area contributed by atoms with Crippen LogP contribution in [0.2, 0.25) is 0 Å².